The van der Waals surface area contributed by atoms with Crippen LogP contribution < -0.4 is 4.74 Å². The van der Waals surface area contributed by atoms with Crippen LogP contribution >= 0.6 is 0 Å². The van der Waals surface area contributed by atoms with Crippen LogP contribution in [0.5, 0.6) is 11.5 Å². The standard InChI is InChI=1S/C28H39N3O4Si/c1-20-17-31(19-33-14-15-36(5,6)7)26-25(20)24(10-12-29-26)34-23-9-8-21-11-13-30(18-22(21)16-23)27(32)35-28(2,3)4/h8-10,12,16-17H,11,13-15,18-19H2,1-7H3. The van der Waals surface area contributed by atoms with Crippen molar-refractivity contribution in [3.63, 3.8) is 0 Å². The normalized spacial score (nSPS) is 14.1. The molecule has 194 valence electrons. The highest BCUT2D eigenvalue weighted by Gasteiger charge is 2.26. The number of carbonyl (C=O) groups excluding carboxylic acids is 1. The Bertz CT molecular complexity index is 1240. The minimum absolute atomic E-state index is 0.278. The number of aryl methyl sites for hydroxylation is 1. The summed E-state index contributed by atoms with van der Waals surface area (Å²) in [4.78, 5) is 19.0. The number of nitrogens with zero attached hydrogens (tertiary/aromatic N) is 3. The largest absolute Gasteiger partial charge is 0.457 e. The zero-order chi connectivity index (χ0) is 26.1. The van der Waals surface area contributed by atoms with Gasteiger partial charge in [0.1, 0.15) is 29.5 Å². The molecule has 3 aromatic rings. The molecule has 0 N–H and O–H groups in total. The van der Waals surface area contributed by atoms with Gasteiger partial charge in [-0.15, -0.1) is 0 Å². The van der Waals surface area contributed by atoms with Crippen molar-refractivity contribution in [2.24, 2.45) is 0 Å². The fraction of sp³-hybridized carbons (Fsp3) is 0.500. The Labute approximate surface area is 215 Å². The topological polar surface area (TPSA) is 65.8 Å². The molecule has 0 saturated carbocycles. The number of rotatable bonds is 7. The van der Waals surface area contributed by atoms with Gasteiger partial charge in [-0.25, -0.2) is 9.78 Å². The van der Waals surface area contributed by atoms with Crippen LogP contribution in [0.4, 0.5) is 4.79 Å². The molecule has 0 radical (unpaired) electrons. The molecule has 1 aliphatic rings. The first-order valence-electron chi connectivity index (χ1n) is 12.7. The summed E-state index contributed by atoms with van der Waals surface area (Å²) < 4.78 is 20.0. The molecule has 0 bridgehead atoms. The molecule has 4 rings (SSSR count). The van der Waals surface area contributed by atoms with Gasteiger partial charge in [-0.2, -0.15) is 0 Å². The van der Waals surface area contributed by atoms with Crippen LogP contribution in [0.1, 0.15) is 37.5 Å². The molecule has 0 fully saturated rings. The second-order valence-electron chi connectivity index (χ2n) is 11.8. The van der Waals surface area contributed by atoms with Gasteiger partial charge in [0.2, 0.25) is 0 Å². The number of aromatic nitrogens is 2. The number of hydrogen-bond donors (Lipinski definition) is 0. The van der Waals surface area contributed by atoms with Crippen LogP contribution in [-0.4, -0.2) is 47.4 Å². The van der Waals surface area contributed by atoms with Crippen LogP contribution in [0.15, 0.2) is 36.7 Å². The van der Waals surface area contributed by atoms with Crippen molar-refractivity contribution in [3.05, 3.63) is 53.3 Å². The average Bonchev–Trinajstić information content (AvgIpc) is 3.11. The van der Waals surface area contributed by atoms with Crippen molar-refractivity contribution < 1.29 is 19.0 Å². The summed E-state index contributed by atoms with van der Waals surface area (Å²) >= 11 is 0. The van der Waals surface area contributed by atoms with Crippen LogP contribution in [-0.2, 0) is 29.2 Å². The van der Waals surface area contributed by atoms with E-state index in [1.54, 1.807) is 11.1 Å². The fourth-order valence-corrected chi connectivity index (χ4v) is 5.07. The second kappa shape index (κ2) is 10.3. The number of hydrogen-bond acceptors (Lipinski definition) is 5. The van der Waals surface area contributed by atoms with Crippen LogP contribution in [0, 0.1) is 6.92 Å². The van der Waals surface area contributed by atoms with E-state index in [9.17, 15) is 4.79 Å². The van der Waals surface area contributed by atoms with Gasteiger partial charge in [-0.1, -0.05) is 25.7 Å². The second-order valence-corrected chi connectivity index (χ2v) is 17.4. The maximum absolute atomic E-state index is 12.6. The average molecular weight is 510 g/mol. The van der Waals surface area contributed by atoms with Gasteiger partial charge in [-0.3, -0.25) is 0 Å². The van der Waals surface area contributed by atoms with E-state index in [0.717, 1.165) is 52.7 Å². The molecular weight excluding hydrogens is 470 g/mol. The Hall–Kier alpha value is -2.84. The van der Waals surface area contributed by atoms with Gasteiger partial charge in [-0.05, 0) is 75.0 Å². The van der Waals surface area contributed by atoms with Crippen molar-refractivity contribution in [2.45, 2.75) is 78.7 Å². The van der Waals surface area contributed by atoms with Gasteiger partial charge < -0.3 is 23.7 Å². The molecular formula is C28H39N3O4Si. The van der Waals surface area contributed by atoms with Crippen molar-refractivity contribution >= 4 is 25.2 Å². The number of fused-ring (bicyclic) bond motifs is 2. The van der Waals surface area contributed by atoms with Crippen molar-refractivity contribution in [2.75, 3.05) is 13.2 Å². The van der Waals surface area contributed by atoms with Gasteiger partial charge in [0.05, 0.1) is 5.39 Å². The summed E-state index contributed by atoms with van der Waals surface area (Å²) in [6.45, 7) is 17.2. The SMILES string of the molecule is Cc1cn(COCC[Si](C)(C)C)c2nccc(Oc3ccc4c(c3)CN(C(=O)OC(C)(C)C)CC4)c12. The highest BCUT2D eigenvalue weighted by Crippen LogP contribution is 2.34. The molecule has 0 atom stereocenters. The third-order valence-electron chi connectivity index (χ3n) is 6.20. The van der Waals surface area contributed by atoms with E-state index in [0.29, 0.717) is 19.8 Å². The van der Waals surface area contributed by atoms with E-state index < -0.39 is 13.7 Å². The first-order valence-corrected chi connectivity index (χ1v) is 16.4. The van der Waals surface area contributed by atoms with E-state index in [1.165, 1.54) is 5.56 Å². The molecule has 0 aliphatic carbocycles. The highest BCUT2D eigenvalue weighted by atomic mass is 28.3. The highest BCUT2D eigenvalue weighted by molar-refractivity contribution is 6.76. The van der Waals surface area contributed by atoms with Crippen LogP contribution in [0.3, 0.4) is 0 Å². The van der Waals surface area contributed by atoms with E-state index in [-0.39, 0.29) is 6.09 Å². The Kier molecular flexibility index (Phi) is 7.48. The van der Waals surface area contributed by atoms with E-state index in [2.05, 4.69) is 43.8 Å². The predicted octanol–water partition coefficient (Wildman–Crippen LogP) is 6.74. The molecule has 36 heavy (non-hydrogen) atoms. The number of pyridine rings is 1. The third kappa shape index (κ3) is 6.47. The Morgan fingerprint density at radius 1 is 1.14 bits per heavy atom. The van der Waals surface area contributed by atoms with Crippen molar-refractivity contribution in [1.29, 1.82) is 0 Å². The number of carbonyl (C=O) groups is 1. The molecule has 7 nitrogen and oxygen atoms in total. The van der Waals surface area contributed by atoms with E-state index in [4.69, 9.17) is 14.2 Å². The molecule has 0 unspecified atom stereocenters. The lowest BCUT2D eigenvalue weighted by Crippen LogP contribution is -2.39. The first kappa shape index (κ1) is 26.2. The molecule has 1 aromatic carbocycles. The van der Waals surface area contributed by atoms with E-state index in [1.807, 2.05) is 43.5 Å². The Morgan fingerprint density at radius 3 is 2.64 bits per heavy atom. The summed E-state index contributed by atoms with van der Waals surface area (Å²) in [6.07, 6.45) is 4.37. The van der Waals surface area contributed by atoms with Gasteiger partial charge in [0.15, 0.2) is 0 Å². The van der Waals surface area contributed by atoms with Crippen molar-refractivity contribution in [3.8, 4) is 11.5 Å². The molecule has 2 aromatic heterocycles. The number of amides is 1. The zero-order valence-corrected chi connectivity index (χ0v) is 23.7. The molecule has 1 amide bonds. The maximum Gasteiger partial charge on any atom is 0.410 e. The summed E-state index contributed by atoms with van der Waals surface area (Å²) in [5, 5.41) is 0.986. The summed E-state index contributed by atoms with van der Waals surface area (Å²) in [5.41, 5.74) is 3.76. The van der Waals surface area contributed by atoms with Crippen LogP contribution in [0.25, 0.3) is 11.0 Å². The van der Waals surface area contributed by atoms with Gasteiger partial charge in [0.25, 0.3) is 0 Å². The fourth-order valence-electron chi connectivity index (χ4n) is 4.31. The third-order valence-corrected chi connectivity index (χ3v) is 7.91. The monoisotopic (exact) mass is 509 g/mol. The maximum atomic E-state index is 12.6. The Morgan fingerprint density at radius 2 is 1.92 bits per heavy atom. The minimum atomic E-state index is -1.13. The quantitative estimate of drug-likeness (QED) is 0.261. The van der Waals surface area contributed by atoms with Crippen LogP contribution in [0.2, 0.25) is 25.7 Å². The summed E-state index contributed by atoms with van der Waals surface area (Å²) in [7, 11) is -1.13. The smallest absolute Gasteiger partial charge is 0.410 e. The van der Waals surface area contributed by atoms with E-state index >= 15 is 0 Å². The summed E-state index contributed by atoms with van der Waals surface area (Å²) in [5.74, 6) is 1.50. The van der Waals surface area contributed by atoms with Gasteiger partial charge in [0, 0.05) is 40.2 Å². The zero-order valence-electron chi connectivity index (χ0n) is 22.7. The predicted molar refractivity (Wildman–Crippen MR) is 145 cm³/mol. The molecule has 1 aliphatic heterocycles. The molecule has 0 spiro atoms. The lowest BCUT2D eigenvalue weighted by molar-refractivity contribution is 0.0224. The first-order chi connectivity index (χ1) is 16.9. The van der Waals surface area contributed by atoms with Crippen molar-refractivity contribution in [1.82, 2.24) is 14.5 Å². The Balaban J connectivity index is 1.50. The minimum Gasteiger partial charge on any atom is -0.457 e. The molecule has 8 heteroatoms. The van der Waals surface area contributed by atoms with Gasteiger partial charge >= 0.3 is 6.09 Å². The lowest BCUT2D eigenvalue weighted by Gasteiger charge is -2.31. The molecule has 0 saturated heterocycles. The summed E-state index contributed by atoms with van der Waals surface area (Å²) in [6, 6.07) is 9.17. The number of benzene rings is 1. The number of ether oxygens (including phenoxy) is 3. The lowest BCUT2D eigenvalue weighted by atomic mass is 10.00. The molecule has 3 heterocycles.